The first-order valence-electron chi connectivity index (χ1n) is 5.63. The van der Waals surface area contributed by atoms with Gasteiger partial charge in [-0.3, -0.25) is 0 Å². The molecule has 0 saturated heterocycles. The number of rotatable bonds is 9. The average molecular weight is 285 g/mol. The van der Waals surface area contributed by atoms with E-state index in [-0.39, 0.29) is 4.58 Å². The SMILES string of the molecule is CCSC(SCC)[C@H](N)[C@@H](O)[C@H](O)[C@H](O)CO. The molecule has 0 radical (unpaired) electrons. The van der Waals surface area contributed by atoms with E-state index in [0.717, 1.165) is 11.5 Å². The summed E-state index contributed by atoms with van der Waals surface area (Å²) in [6.07, 6.45) is -4.04. The van der Waals surface area contributed by atoms with E-state index in [0.29, 0.717) is 0 Å². The summed E-state index contributed by atoms with van der Waals surface area (Å²) in [5.74, 6) is 1.72. The molecule has 0 rings (SSSR count). The van der Waals surface area contributed by atoms with E-state index in [1.807, 2.05) is 13.8 Å². The van der Waals surface area contributed by atoms with Crippen LogP contribution in [0.4, 0.5) is 0 Å². The molecule has 0 aromatic carbocycles. The van der Waals surface area contributed by atoms with Gasteiger partial charge in [-0.1, -0.05) is 13.8 Å². The van der Waals surface area contributed by atoms with E-state index in [2.05, 4.69) is 0 Å². The third-order valence-corrected chi connectivity index (χ3v) is 5.07. The Morgan fingerprint density at radius 2 is 1.47 bits per heavy atom. The van der Waals surface area contributed by atoms with Crippen molar-refractivity contribution in [2.45, 2.75) is 42.8 Å². The Balaban J connectivity index is 4.46. The molecule has 0 aliphatic carbocycles. The molecule has 6 N–H and O–H groups in total. The van der Waals surface area contributed by atoms with Crippen molar-refractivity contribution in [1.82, 2.24) is 0 Å². The van der Waals surface area contributed by atoms with Gasteiger partial charge in [-0.05, 0) is 11.5 Å². The lowest BCUT2D eigenvalue weighted by Crippen LogP contribution is -2.52. The highest BCUT2D eigenvalue weighted by Crippen LogP contribution is 2.28. The van der Waals surface area contributed by atoms with Gasteiger partial charge < -0.3 is 26.2 Å². The molecule has 0 fully saturated rings. The Morgan fingerprint density at radius 1 is 1.00 bits per heavy atom. The predicted octanol–water partition coefficient (Wildman–Crippen LogP) is -0.779. The first-order valence-corrected chi connectivity index (χ1v) is 7.73. The summed E-state index contributed by atoms with van der Waals surface area (Å²) < 4.78 is -0.0412. The summed E-state index contributed by atoms with van der Waals surface area (Å²) >= 11 is 3.19. The molecule has 0 aliphatic heterocycles. The molecule has 7 heteroatoms. The molecule has 0 bridgehead atoms. The Hall–Kier alpha value is 0.500. The lowest BCUT2D eigenvalue weighted by molar-refractivity contribution is -0.0817. The van der Waals surface area contributed by atoms with E-state index in [1.165, 1.54) is 0 Å². The molecule has 0 aromatic rings. The fourth-order valence-corrected chi connectivity index (χ4v) is 3.95. The smallest absolute Gasteiger partial charge is 0.110 e. The maximum atomic E-state index is 9.84. The summed E-state index contributed by atoms with van der Waals surface area (Å²) in [6.45, 7) is 3.38. The van der Waals surface area contributed by atoms with Crippen LogP contribution in [0.5, 0.6) is 0 Å². The normalized spacial score (nSPS) is 19.1. The first-order chi connectivity index (χ1) is 7.99. The van der Waals surface area contributed by atoms with Crippen LogP contribution in [-0.4, -0.2) is 67.5 Å². The van der Waals surface area contributed by atoms with Gasteiger partial charge in [-0.2, -0.15) is 0 Å². The fourth-order valence-electron chi connectivity index (χ4n) is 1.32. The van der Waals surface area contributed by atoms with Crippen molar-refractivity contribution in [3.63, 3.8) is 0 Å². The highest BCUT2D eigenvalue weighted by Gasteiger charge is 2.33. The number of hydrogen-bond acceptors (Lipinski definition) is 7. The van der Waals surface area contributed by atoms with Gasteiger partial charge in [-0.15, -0.1) is 23.5 Å². The Bertz CT molecular complexity index is 193. The molecule has 17 heavy (non-hydrogen) atoms. The van der Waals surface area contributed by atoms with Crippen molar-refractivity contribution in [2.75, 3.05) is 18.1 Å². The quantitative estimate of drug-likeness (QED) is 0.354. The van der Waals surface area contributed by atoms with Crippen LogP contribution in [0.25, 0.3) is 0 Å². The van der Waals surface area contributed by atoms with Crippen LogP contribution in [0, 0.1) is 0 Å². The summed E-state index contributed by atoms with van der Waals surface area (Å²) in [6, 6.07) is -0.652. The molecule has 4 atom stereocenters. The highest BCUT2D eigenvalue weighted by atomic mass is 32.2. The van der Waals surface area contributed by atoms with Gasteiger partial charge in [0.15, 0.2) is 0 Å². The van der Waals surface area contributed by atoms with Crippen molar-refractivity contribution < 1.29 is 20.4 Å². The molecule has 0 unspecified atom stereocenters. The lowest BCUT2D eigenvalue weighted by atomic mass is 10.0. The number of thioether (sulfide) groups is 2. The minimum atomic E-state index is -1.42. The van der Waals surface area contributed by atoms with Gasteiger partial charge in [-0.25, -0.2) is 0 Å². The summed E-state index contributed by atoms with van der Waals surface area (Å²) in [7, 11) is 0. The molecule has 0 saturated carbocycles. The van der Waals surface area contributed by atoms with Gasteiger partial charge in [0.2, 0.25) is 0 Å². The summed E-state index contributed by atoms with van der Waals surface area (Å²) in [5, 5.41) is 37.4. The highest BCUT2D eigenvalue weighted by molar-refractivity contribution is 8.17. The van der Waals surface area contributed by atoms with Crippen LogP contribution in [0.1, 0.15) is 13.8 Å². The Labute approximate surface area is 111 Å². The van der Waals surface area contributed by atoms with Crippen molar-refractivity contribution >= 4 is 23.5 Å². The second-order valence-electron chi connectivity index (χ2n) is 3.59. The van der Waals surface area contributed by atoms with Crippen LogP contribution in [0.3, 0.4) is 0 Å². The van der Waals surface area contributed by atoms with Crippen molar-refractivity contribution in [2.24, 2.45) is 5.73 Å². The molecule has 0 aromatic heterocycles. The Kier molecular flexibility index (Phi) is 9.71. The van der Waals surface area contributed by atoms with E-state index >= 15 is 0 Å². The molecular formula is C10H23NO4S2. The van der Waals surface area contributed by atoms with Gasteiger partial charge >= 0.3 is 0 Å². The standard InChI is InChI=1S/C10H23NO4S2/c1-3-16-10(17-4-2)7(11)9(15)8(14)6(13)5-12/h6-10,12-15H,3-5,11H2,1-2H3/t6-,7-,8-,9-/m1/s1. The van der Waals surface area contributed by atoms with Gasteiger partial charge in [0.05, 0.1) is 23.3 Å². The van der Waals surface area contributed by atoms with Gasteiger partial charge in [0, 0.05) is 0 Å². The maximum absolute atomic E-state index is 9.84. The van der Waals surface area contributed by atoms with Crippen molar-refractivity contribution in [3.8, 4) is 0 Å². The summed E-state index contributed by atoms with van der Waals surface area (Å²) in [4.78, 5) is 0. The second kappa shape index (κ2) is 9.43. The third-order valence-electron chi connectivity index (χ3n) is 2.30. The van der Waals surface area contributed by atoms with Crippen LogP contribution in [0.2, 0.25) is 0 Å². The molecule has 0 spiro atoms. The number of aliphatic hydroxyl groups is 4. The molecule has 0 aliphatic rings. The zero-order chi connectivity index (χ0) is 13.4. The first kappa shape index (κ1) is 17.5. The van der Waals surface area contributed by atoms with Crippen molar-refractivity contribution in [1.29, 1.82) is 0 Å². The van der Waals surface area contributed by atoms with E-state index in [4.69, 9.17) is 10.8 Å². The topological polar surface area (TPSA) is 107 Å². The van der Waals surface area contributed by atoms with Crippen LogP contribution < -0.4 is 5.73 Å². The number of hydrogen-bond donors (Lipinski definition) is 5. The van der Waals surface area contributed by atoms with Gasteiger partial charge in [0.1, 0.15) is 12.2 Å². The van der Waals surface area contributed by atoms with Gasteiger partial charge in [0.25, 0.3) is 0 Å². The predicted molar refractivity (Wildman–Crippen MR) is 73.1 cm³/mol. The minimum absolute atomic E-state index is 0.0412. The van der Waals surface area contributed by atoms with Crippen LogP contribution >= 0.6 is 23.5 Å². The molecule has 0 heterocycles. The van der Waals surface area contributed by atoms with E-state index in [9.17, 15) is 15.3 Å². The van der Waals surface area contributed by atoms with Crippen LogP contribution in [-0.2, 0) is 0 Å². The molecule has 5 nitrogen and oxygen atoms in total. The van der Waals surface area contributed by atoms with E-state index < -0.39 is 31.0 Å². The fraction of sp³-hybridized carbons (Fsp3) is 1.00. The molecule has 104 valence electrons. The zero-order valence-corrected chi connectivity index (χ0v) is 11.8. The largest absolute Gasteiger partial charge is 0.394 e. The lowest BCUT2D eigenvalue weighted by Gasteiger charge is -2.31. The average Bonchev–Trinajstić information content (AvgIpc) is 2.34. The molecular weight excluding hydrogens is 262 g/mol. The maximum Gasteiger partial charge on any atom is 0.110 e. The minimum Gasteiger partial charge on any atom is -0.394 e. The second-order valence-corrected chi connectivity index (χ2v) is 6.72. The van der Waals surface area contributed by atoms with Crippen molar-refractivity contribution in [3.05, 3.63) is 0 Å². The number of nitrogens with two attached hydrogens (primary N) is 1. The third kappa shape index (κ3) is 5.78. The monoisotopic (exact) mass is 285 g/mol. The summed E-state index contributed by atoms with van der Waals surface area (Å²) in [5.41, 5.74) is 5.88. The Morgan fingerprint density at radius 3 is 1.82 bits per heavy atom. The van der Waals surface area contributed by atoms with Crippen LogP contribution in [0.15, 0.2) is 0 Å². The van der Waals surface area contributed by atoms with E-state index in [1.54, 1.807) is 23.5 Å². The number of aliphatic hydroxyl groups excluding tert-OH is 4. The zero-order valence-electron chi connectivity index (χ0n) is 10.2. The molecule has 0 amide bonds.